The smallest absolute Gasteiger partial charge is 0.337 e. The quantitative estimate of drug-likeness (QED) is 0.763. The maximum absolute atomic E-state index is 11.7. The van der Waals surface area contributed by atoms with Gasteiger partial charge in [0.2, 0.25) is 0 Å². The molecule has 5 heteroatoms. The molecule has 0 amide bonds. The minimum absolute atomic E-state index is 0.222. The van der Waals surface area contributed by atoms with Gasteiger partial charge in [0.25, 0.3) is 0 Å². The third-order valence-corrected chi connectivity index (χ3v) is 3.06. The fraction of sp³-hybridized carbons (Fsp3) is 0.312. The number of rotatable bonds is 7. The van der Waals surface area contributed by atoms with Crippen molar-refractivity contribution >= 4 is 5.97 Å². The molecule has 2 N–H and O–H groups in total. The Labute approximate surface area is 123 Å². The molecule has 5 nitrogen and oxygen atoms in total. The molecule has 0 aliphatic carbocycles. The van der Waals surface area contributed by atoms with Gasteiger partial charge in [-0.1, -0.05) is 30.3 Å². The van der Waals surface area contributed by atoms with Gasteiger partial charge >= 0.3 is 5.97 Å². The molecule has 1 aromatic heterocycles. The maximum Gasteiger partial charge on any atom is 0.337 e. The van der Waals surface area contributed by atoms with Crippen molar-refractivity contribution in [1.82, 2.24) is 5.32 Å². The topological polar surface area (TPSA) is 71.7 Å². The third-order valence-electron chi connectivity index (χ3n) is 3.06. The highest BCUT2D eigenvalue weighted by Crippen LogP contribution is 2.19. The van der Waals surface area contributed by atoms with Gasteiger partial charge in [0.1, 0.15) is 11.8 Å². The summed E-state index contributed by atoms with van der Waals surface area (Å²) in [6.07, 6.45) is 0.185. The number of carbonyl (C=O) groups is 1. The molecule has 2 rings (SSSR count). The lowest BCUT2D eigenvalue weighted by Gasteiger charge is -2.21. The molecule has 112 valence electrons. The molecule has 1 heterocycles. The van der Waals surface area contributed by atoms with Crippen molar-refractivity contribution in [2.24, 2.45) is 0 Å². The van der Waals surface area contributed by atoms with Crippen LogP contribution in [0.4, 0.5) is 0 Å². The summed E-state index contributed by atoms with van der Waals surface area (Å²) in [5, 5.41) is 13.3. The van der Waals surface area contributed by atoms with Gasteiger partial charge in [-0.2, -0.15) is 0 Å². The average Bonchev–Trinajstić information content (AvgIpc) is 3.03. The molecule has 0 unspecified atom stereocenters. The van der Waals surface area contributed by atoms with Crippen LogP contribution < -0.4 is 5.32 Å². The highest BCUT2D eigenvalue weighted by molar-refractivity contribution is 5.75. The third kappa shape index (κ3) is 4.18. The second kappa shape index (κ2) is 7.61. The summed E-state index contributed by atoms with van der Waals surface area (Å²) in [5.41, 5.74) is 1.05. The summed E-state index contributed by atoms with van der Waals surface area (Å²) < 4.78 is 10.2. The zero-order valence-electron chi connectivity index (χ0n) is 11.9. The molecule has 2 aromatic rings. The Morgan fingerprint density at radius 1 is 1.29 bits per heavy atom. The van der Waals surface area contributed by atoms with E-state index in [-0.39, 0.29) is 6.61 Å². The average molecular weight is 289 g/mol. The highest BCUT2D eigenvalue weighted by atomic mass is 16.5. The number of benzene rings is 1. The van der Waals surface area contributed by atoms with Gasteiger partial charge in [0.05, 0.1) is 12.9 Å². The molecule has 0 fully saturated rings. The number of aliphatic hydroxyl groups excluding tert-OH is 1. The first-order valence-electron chi connectivity index (χ1n) is 6.87. The molecule has 21 heavy (non-hydrogen) atoms. The summed E-state index contributed by atoms with van der Waals surface area (Å²) in [4.78, 5) is 11.7. The molecule has 0 aliphatic rings. The predicted molar refractivity (Wildman–Crippen MR) is 77.4 cm³/mol. The van der Waals surface area contributed by atoms with Crippen molar-refractivity contribution in [2.45, 2.75) is 25.6 Å². The number of hydrogen-bond donors (Lipinski definition) is 2. The van der Waals surface area contributed by atoms with E-state index in [4.69, 9.17) is 9.15 Å². The number of hydrogen-bond acceptors (Lipinski definition) is 5. The number of carbonyl (C=O) groups excluding carboxylic acids is 1. The summed E-state index contributed by atoms with van der Waals surface area (Å²) >= 11 is 0. The molecule has 0 saturated carbocycles. The van der Waals surface area contributed by atoms with Crippen LogP contribution in [-0.2, 0) is 16.1 Å². The lowest BCUT2D eigenvalue weighted by atomic mass is 10.1. The van der Waals surface area contributed by atoms with E-state index in [0.29, 0.717) is 12.3 Å². The van der Waals surface area contributed by atoms with Crippen molar-refractivity contribution < 1.29 is 19.1 Å². The largest absolute Gasteiger partial charge is 0.468 e. The molecule has 0 radical (unpaired) electrons. The van der Waals surface area contributed by atoms with Crippen molar-refractivity contribution in [2.75, 3.05) is 6.61 Å². The Morgan fingerprint density at radius 3 is 2.67 bits per heavy atom. The van der Waals surface area contributed by atoms with E-state index in [1.165, 1.54) is 6.26 Å². The fourth-order valence-electron chi connectivity index (χ4n) is 2.02. The van der Waals surface area contributed by atoms with Crippen LogP contribution in [0.2, 0.25) is 0 Å². The van der Waals surface area contributed by atoms with Crippen LogP contribution in [0.3, 0.4) is 0 Å². The van der Waals surface area contributed by atoms with Gasteiger partial charge in [-0.15, -0.1) is 0 Å². The standard InChI is InChI=1S/C16H19NO4/c1-2-20-16(19)15(18)14(13-9-6-10-21-13)17-11-12-7-4-3-5-8-12/h3-10,14-15,17-18H,2,11H2,1H3/t14-,15-/m1/s1. The molecule has 0 saturated heterocycles. The van der Waals surface area contributed by atoms with Gasteiger partial charge in [-0.05, 0) is 24.6 Å². The van der Waals surface area contributed by atoms with Crippen LogP contribution in [0, 0.1) is 0 Å². The van der Waals surface area contributed by atoms with Crippen molar-refractivity contribution in [3.05, 3.63) is 60.1 Å². The van der Waals surface area contributed by atoms with E-state index >= 15 is 0 Å². The van der Waals surface area contributed by atoms with Crippen LogP contribution in [0.15, 0.2) is 53.1 Å². The first-order valence-corrected chi connectivity index (χ1v) is 6.87. The van der Waals surface area contributed by atoms with Gasteiger partial charge in [0.15, 0.2) is 6.10 Å². The first kappa shape index (κ1) is 15.3. The molecule has 0 bridgehead atoms. The highest BCUT2D eigenvalue weighted by Gasteiger charge is 2.30. The number of esters is 1. The van der Waals surface area contributed by atoms with Crippen molar-refractivity contribution in [3.63, 3.8) is 0 Å². The van der Waals surface area contributed by atoms with Gasteiger partial charge in [0, 0.05) is 6.54 Å². The molecule has 0 spiro atoms. The van der Waals surface area contributed by atoms with E-state index in [2.05, 4.69) is 5.32 Å². The number of ether oxygens (including phenoxy) is 1. The fourth-order valence-corrected chi connectivity index (χ4v) is 2.02. The Hall–Kier alpha value is -2.11. The van der Waals surface area contributed by atoms with E-state index in [9.17, 15) is 9.90 Å². The second-order valence-corrected chi connectivity index (χ2v) is 4.56. The van der Waals surface area contributed by atoms with Crippen LogP contribution >= 0.6 is 0 Å². The van der Waals surface area contributed by atoms with Gasteiger partial charge in [-0.25, -0.2) is 4.79 Å². The number of nitrogens with one attached hydrogen (secondary N) is 1. The first-order chi connectivity index (χ1) is 10.2. The molecular weight excluding hydrogens is 270 g/mol. The van der Waals surface area contributed by atoms with E-state index in [1.54, 1.807) is 19.1 Å². The minimum Gasteiger partial charge on any atom is -0.468 e. The predicted octanol–water partition coefficient (Wildman–Crippen LogP) is 2.03. The van der Waals surface area contributed by atoms with Crippen molar-refractivity contribution in [1.29, 1.82) is 0 Å². The molecular formula is C16H19NO4. The zero-order valence-corrected chi connectivity index (χ0v) is 11.9. The summed E-state index contributed by atoms with van der Waals surface area (Å²) in [5.74, 6) is -0.175. The van der Waals surface area contributed by atoms with E-state index in [0.717, 1.165) is 5.56 Å². The lowest BCUT2D eigenvalue weighted by molar-refractivity contribution is -0.155. The van der Waals surface area contributed by atoms with Crippen LogP contribution in [0.5, 0.6) is 0 Å². The number of furan rings is 1. The lowest BCUT2D eigenvalue weighted by Crippen LogP contribution is -2.38. The van der Waals surface area contributed by atoms with E-state index in [1.807, 2.05) is 30.3 Å². The van der Waals surface area contributed by atoms with Crippen LogP contribution in [0.1, 0.15) is 24.3 Å². The van der Waals surface area contributed by atoms with Crippen molar-refractivity contribution in [3.8, 4) is 0 Å². The Balaban J connectivity index is 2.08. The molecule has 1 aromatic carbocycles. The SMILES string of the molecule is CCOC(=O)[C@H](O)[C@H](NCc1ccccc1)c1ccco1. The maximum atomic E-state index is 11.7. The molecule has 2 atom stereocenters. The summed E-state index contributed by atoms with van der Waals surface area (Å²) in [7, 11) is 0. The second-order valence-electron chi connectivity index (χ2n) is 4.56. The Kier molecular flexibility index (Phi) is 5.54. The summed E-state index contributed by atoms with van der Waals surface area (Å²) in [6, 6.07) is 12.5. The summed E-state index contributed by atoms with van der Waals surface area (Å²) in [6.45, 7) is 2.42. The Bertz CT molecular complexity index is 539. The monoisotopic (exact) mass is 289 g/mol. The minimum atomic E-state index is -1.32. The number of aliphatic hydroxyl groups is 1. The van der Waals surface area contributed by atoms with Gasteiger partial charge < -0.3 is 19.6 Å². The zero-order chi connectivity index (χ0) is 15.1. The molecule has 0 aliphatic heterocycles. The van der Waals surface area contributed by atoms with Gasteiger partial charge in [-0.3, -0.25) is 0 Å². The van der Waals surface area contributed by atoms with E-state index < -0.39 is 18.1 Å². The normalized spacial score (nSPS) is 13.6. The Morgan fingerprint density at radius 2 is 2.05 bits per heavy atom. The van der Waals surface area contributed by atoms with Crippen LogP contribution in [-0.4, -0.2) is 23.8 Å². The van der Waals surface area contributed by atoms with Crippen LogP contribution in [0.25, 0.3) is 0 Å².